The molecule has 0 aromatic heterocycles. The first-order valence-electron chi connectivity index (χ1n) is 6.27. The number of nitrogens with zero attached hydrogens (tertiary/aromatic N) is 1. The van der Waals surface area contributed by atoms with Crippen LogP contribution in [0.15, 0.2) is 18.2 Å². The Hall–Kier alpha value is -1.63. The number of hydrogen-bond donors (Lipinski definition) is 1. The number of hydrogen-bond acceptors (Lipinski definition) is 4. The van der Waals surface area contributed by atoms with Gasteiger partial charge in [-0.15, -0.1) is 0 Å². The second kappa shape index (κ2) is 8.52. The van der Waals surface area contributed by atoms with Gasteiger partial charge >= 0.3 is 5.69 Å². The van der Waals surface area contributed by atoms with Gasteiger partial charge in [0.2, 0.25) is 5.82 Å². The van der Waals surface area contributed by atoms with E-state index in [0.29, 0.717) is 6.54 Å². The molecule has 0 radical (unpaired) electrons. The van der Waals surface area contributed by atoms with Crippen LogP contribution in [0.5, 0.6) is 0 Å². The maximum atomic E-state index is 13.1. The van der Waals surface area contributed by atoms with Crippen LogP contribution in [-0.4, -0.2) is 29.4 Å². The third-order valence-electron chi connectivity index (χ3n) is 2.72. The number of rotatable bonds is 8. The van der Waals surface area contributed by atoms with Crippen LogP contribution in [0.4, 0.5) is 10.1 Å². The zero-order valence-corrected chi connectivity index (χ0v) is 12.0. The summed E-state index contributed by atoms with van der Waals surface area (Å²) in [6, 6.07) is 3.13. The van der Waals surface area contributed by atoms with Crippen LogP contribution in [0.25, 0.3) is 0 Å². The quantitative estimate of drug-likeness (QED) is 0.455. The Balaban J connectivity index is 2.47. The van der Waals surface area contributed by atoms with Gasteiger partial charge in [0.15, 0.2) is 0 Å². The predicted molar refractivity (Wildman–Crippen MR) is 77.6 cm³/mol. The van der Waals surface area contributed by atoms with E-state index in [0.717, 1.165) is 37.1 Å². The predicted octanol–water partition coefficient (Wildman–Crippen LogP) is 3.00. The molecule has 0 saturated carbocycles. The average molecular weight is 300 g/mol. The summed E-state index contributed by atoms with van der Waals surface area (Å²) in [6.45, 7) is 0.512. The number of halogens is 1. The standard InChI is InChI=1S/C13H17FN2O3S/c1-20-8-4-2-3-7-15-13(17)10-5-6-11(14)12(9-10)16(18)19/h5-6,9H,2-4,7-8H2,1H3,(H,15,17). The fourth-order valence-corrected chi connectivity index (χ4v) is 2.14. The molecule has 0 spiro atoms. The Morgan fingerprint density at radius 2 is 2.15 bits per heavy atom. The molecule has 7 heteroatoms. The van der Waals surface area contributed by atoms with Gasteiger partial charge in [-0.1, -0.05) is 6.42 Å². The molecule has 0 saturated heterocycles. The molecule has 0 bridgehead atoms. The molecule has 5 nitrogen and oxygen atoms in total. The molecule has 110 valence electrons. The summed E-state index contributed by atoms with van der Waals surface area (Å²) in [5.41, 5.74) is -0.583. The second-order valence-electron chi connectivity index (χ2n) is 4.23. The number of nitro benzene ring substituents is 1. The van der Waals surface area contributed by atoms with Gasteiger partial charge in [-0.25, -0.2) is 0 Å². The Morgan fingerprint density at radius 1 is 1.40 bits per heavy atom. The van der Waals surface area contributed by atoms with Crippen LogP contribution < -0.4 is 5.32 Å². The summed E-state index contributed by atoms with van der Waals surface area (Å²) in [7, 11) is 0. The first-order chi connectivity index (χ1) is 9.56. The van der Waals surface area contributed by atoms with E-state index >= 15 is 0 Å². The molecule has 0 unspecified atom stereocenters. The maximum Gasteiger partial charge on any atom is 0.305 e. The molecule has 1 amide bonds. The zero-order chi connectivity index (χ0) is 15.0. The molecular weight excluding hydrogens is 283 g/mol. The van der Waals surface area contributed by atoms with Crippen molar-refractivity contribution in [2.75, 3.05) is 18.6 Å². The molecule has 20 heavy (non-hydrogen) atoms. The summed E-state index contributed by atoms with van der Waals surface area (Å²) >= 11 is 1.78. The number of thioether (sulfide) groups is 1. The first kappa shape index (κ1) is 16.4. The summed E-state index contributed by atoms with van der Waals surface area (Å²) in [4.78, 5) is 21.5. The highest BCUT2D eigenvalue weighted by Crippen LogP contribution is 2.18. The summed E-state index contributed by atoms with van der Waals surface area (Å²) < 4.78 is 13.1. The lowest BCUT2D eigenvalue weighted by Crippen LogP contribution is -2.24. The average Bonchev–Trinajstić information content (AvgIpc) is 2.42. The number of amides is 1. The minimum atomic E-state index is -0.941. The van der Waals surface area contributed by atoms with E-state index in [1.54, 1.807) is 11.8 Å². The van der Waals surface area contributed by atoms with Crippen molar-refractivity contribution in [2.45, 2.75) is 19.3 Å². The Morgan fingerprint density at radius 3 is 2.80 bits per heavy atom. The van der Waals surface area contributed by atoms with Crippen LogP contribution in [0.1, 0.15) is 29.6 Å². The fourth-order valence-electron chi connectivity index (χ4n) is 1.65. The van der Waals surface area contributed by atoms with Gasteiger partial charge in [0.05, 0.1) is 4.92 Å². The lowest BCUT2D eigenvalue weighted by molar-refractivity contribution is -0.387. The number of benzene rings is 1. The van der Waals surface area contributed by atoms with E-state index in [4.69, 9.17) is 0 Å². The lowest BCUT2D eigenvalue weighted by Gasteiger charge is -2.05. The Kier molecular flexibility index (Phi) is 7.00. The van der Waals surface area contributed by atoms with E-state index in [-0.39, 0.29) is 5.56 Å². The van der Waals surface area contributed by atoms with Crippen molar-refractivity contribution in [2.24, 2.45) is 0 Å². The normalized spacial score (nSPS) is 10.3. The highest BCUT2D eigenvalue weighted by Gasteiger charge is 2.17. The maximum absolute atomic E-state index is 13.1. The van der Waals surface area contributed by atoms with E-state index in [2.05, 4.69) is 5.32 Å². The van der Waals surface area contributed by atoms with Crippen LogP contribution in [0, 0.1) is 15.9 Å². The molecule has 1 aromatic rings. The minimum absolute atomic E-state index is 0.0993. The number of carbonyl (C=O) groups is 1. The van der Waals surface area contributed by atoms with Crippen LogP contribution >= 0.6 is 11.8 Å². The Labute approximate surface area is 121 Å². The highest BCUT2D eigenvalue weighted by atomic mass is 32.2. The van der Waals surface area contributed by atoms with Gasteiger partial charge in [-0.2, -0.15) is 16.2 Å². The Bertz CT molecular complexity index is 483. The minimum Gasteiger partial charge on any atom is -0.352 e. The molecule has 0 aliphatic rings. The van der Waals surface area contributed by atoms with Gasteiger partial charge in [0.1, 0.15) is 0 Å². The van der Waals surface area contributed by atoms with Crippen molar-refractivity contribution < 1.29 is 14.1 Å². The summed E-state index contributed by atoms with van der Waals surface area (Å²) in [6.07, 6.45) is 5.02. The summed E-state index contributed by atoms with van der Waals surface area (Å²) in [5, 5.41) is 13.3. The van der Waals surface area contributed by atoms with Crippen LogP contribution in [0.3, 0.4) is 0 Å². The van der Waals surface area contributed by atoms with E-state index < -0.39 is 22.3 Å². The molecule has 1 aromatic carbocycles. The molecule has 1 N–H and O–H groups in total. The van der Waals surface area contributed by atoms with Gasteiger partial charge in [-0.05, 0) is 37.0 Å². The molecule has 0 fully saturated rings. The third-order valence-corrected chi connectivity index (χ3v) is 3.41. The molecule has 0 atom stereocenters. The zero-order valence-electron chi connectivity index (χ0n) is 11.2. The van der Waals surface area contributed by atoms with Crippen LogP contribution in [-0.2, 0) is 0 Å². The highest BCUT2D eigenvalue weighted by molar-refractivity contribution is 7.98. The van der Waals surface area contributed by atoms with Gasteiger partial charge in [0.25, 0.3) is 5.91 Å². The number of carbonyl (C=O) groups excluding carboxylic acids is 1. The van der Waals surface area contributed by atoms with Crippen molar-refractivity contribution in [3.8, 4) is 0 Å². The van der Waals surface area contributed by atoms with E-state index in [9.17, 15) is 19.3 Å². The van der Waals surface area contributed by atoms with E-state index in [1.165, 1.54) is 6.07 Å². The first-order valence-corrected chi connectivity index (χ1v) is 7.66. The number of nitro groups is 1. The number of unbranched alkanes of at least 4 members (excludes halogenated alkanes) is 2. The SMILES string of the molecule is CSCCCCCNC(=O)c1ccc(F)c([N+](=O)[O-])c1. The lowest BCUT2D eigenvalue weighted by atomic mass is 10.1. The van der Waals surface area contributed by atoms with Crippen molar-refractivity contribution in [1.82, 2.24) is 5.32 Å². The second-order valence-corrected chi connectivity index (χ2v) is 5.22. The monoisotopic (exact) mass is 300 g/mol. The molecular formula is C13H17FN2O3S. The van der Waals surface area contributed by atoms with Crippen LogP contribution in [0.2, 0.25) is 0 Å². The van der Waals surface area contributed by atoms with Crippen molar-refractivity contribution in [3.63, 3.8) is 0 Å². The fraction of sp³-hybridized carbons (Fsp3) is 0.462. The molecule has 0 aliphatic carbocycles. The van der Waals surface area contributed by atoms with Gasteiger partial charge < -0.3 is 5.32 Å². The third kappa shape index (κ3) is 5.16. The van der Waals surface area contributed by atoms with Gasteiger partial charge in [-0.3, -0.25) is 14.9 Å². The molecule has 0 heterocycles. The topological polar surface area (TPSA) is 72.2 Å². The molecule has 1 rings (SSSR count). The largest absolute Gasteiger partial charge is 0.352 e. The van der Waals surface area contributed by atoms with Crippen molar-refractivity contribution in [3.05, 3.63) is 39.7 Å². The summed E-state index contributed by atoms with van der Waals surface area (Å²) in [5.74, 6) is -0.264. The van der Waals surface area contributed by atoms with E-state index in [1.807, 2.05) is 6.26 Å². The van der Waals surface area contributed by atoms with Crippen molar-refractivity contribution >= 4 is 23.4 Å². The smallest absolute Gasteiger partial charge is 0.305 e. The molecule has 0 aliphatic heterocycles. The number of nitrogens with one attached hydrogen (secondary N) is 1. The van der Waals surface area contributed by atoms with Gasteiger partial charge in [0, 0.05) is 18.2 Å². The van der Waals surface area contributed by atoms with Crippen molar-refractivity contribution in [1.29, 1.82) is 0 Å².